The Morgan fingerprint density at radius 3 is 2.46 bits per heavy atom. The normalized spacial score (nSPS) is 14.8. The van der Waals surface area contributed by atoms with E-state index in [9.17, 15) is 9.59 Å². The largest absolute Gasteiger partial charge is 0.296 e. The first-order chi connectivity index (χ1) is 13.4. The van der Waals surface area contributed by atoms with Crippen LogP contribution in [0.15, 0.2) is 29.1 Å². The molecule has 28 heavy (non-hydrogen) atoms. The van der Waals surface area contributed by atoms with E-state index in [4.69, 9.17) is 4.98 Å². The van der Waals surface area contributed by atoms with Crippen molar-refractivity contribution >= 4 is 27.3 Å². The predicted molar refractivity (Wildman–Crippen MR) is 113 cm³/mol. The molecule has 3 aromatic rings. The molecule has 5 nitrogen and oxygen atoms in total. The Bertz CT molecular complexity index is 1090. The molecule has 0 unspecified atom stereocenters. The fourth-order valence-electron chi connectivity index (χ4n) is 3.77. The van der Waals surface area contributed by atoms with Crippen molar-refractivity contribution in [1.82, 2.24) is 14.5 Å². The third-order valence-electron chi connectivity index (χ3n) is 5.61. The van der Waals surface area contributed by atoms with Crippen molar-refractivity contribution in [3.63, 3.8) is 0 Å². The van der Waals surface area contributed by atoms with E-state index in [1.807, 2.05) is 45.0 Å². The van der Waals surface area contributed by atoms with Crippen molar-refractivity contribution in [2.45, 2.75) is 46.7 Å². The third kappa shape index (κ3) is 3.54. The van der Waals surface area contributed by atoms with Crippen LogP contribution in [0, 0.1) is 20.8 Å². The van der Waals surface area contributed by atoms with E-state index in [0.29, 0.717) is 23.3 Å². The van der Waals surface area contributed by atoms with Crippen LogP contribution in [0.25, 0.3) is 10.2 Å². The highest BCUT2D eigenvalue weighted by Gasteiger charge is 2.21. The minimum absolute atomic E-state index is 0.0301. The molecule has 0 spiro atoms. The van der Waals surface area contributed by atoms with Crippen molar-refractivity contribution in [3.8, 4) is 0 Å². The van der Waals surface area contributed by atoms with E-state index >= 15 is 0 Å². The van der Waals surface area contributed by atoms with E-state index in [1.54, 1.807) is 15.9 Å². The van der Waals surface area contributed by atoms with Gasteiger partial charge in [0.2, 0.25) is 0 Å². The van der Waals surface area contributed by atoms with Crippen LogP contribution in [0.4, 0.5) is 0 Å². The maximum absolute atomic E-state index is 13.3. The van der Waals surface area contributed by atoms with Gasteiger partial charge in [-0.25, -0.2) is 4.98 Å². The molecule has 0 bridgehead atoms. The average molecular weight is 396 g/mol. The predicted octanol–water partition coefficient (Wildman–Crippen LogP) is 3.86. The highest BCUT2D eigenvalue weighted by molar-refractivity contribution is 7.18. The summed E-state index contributed by atoms with van der Waals surface area (Å²) in [5.74, 6) is 0.636. The molecule has 1 aromatic carbocycles. The fourth-order valence-corrected chi connectivity index (χ4v) is 4.81. The lowest BCUT2D eigenvalue weighted by Gasteiger charge is -2.18. The van der Waals surface area contributed by atoms with Crippen LogP contribution in [0.5, 0.6) is 0 Å². The first-order valence-electron chi connectivity index (χ1n) is 9.75. The summed E-state index contributed by atoms with van der Waals surface area (Å²) in [4.78, 5) is 35.3. The molecule has 4 rings (SSSR count). The second-order valence-corrected chi connectivity index (χ2v) is 8.86. The van der Waals surface area contributed by atoms with Gasteiger partial charge in [0.05, 0.1) is 18.5 Å². The number of carbonyl (C=O) groups excluding carboxylic acids is 1. The zero-order valence-electron chi connectivity index (χ0n) is 16.6. The number of rotatable bonds is 5. The van der Waals surface area contributed by atoms with Crippen molar-refractivity contribution < 1.29 is 4.79 Å². The number of nitrogens with zero attached hydrogens (tertiary/aromatic N) is 3. The smallest absolute Gasteiger partial charge is 0.263 e. The Kier molecular flexibility index (Phi) is 5.17. The first kappa shape index (κ1) is 19.0. The minimum Gasteiger partial charge on any atom is -0.296 e. The molecule has 6 heteroatoms. The second kappa shape index (κ2) is 7.60. The van der Waals surface area contributed by atoms with Crippen molar-refractivity contribution in [2.24, 2.45) is 0 Å². The average Bonchev–Trinajstić information content (AvgIpc) is 3.27. The van der Waals surface area contributed by atoms with Crippen LogP contribution >= 0.6 is 11.3 Å². The van der Waals surface area contributed by atoms with Crippen molar-refractivity contribution in [1.29, 1.82) is 0 Å². The van der Waals surface area contributed by atoms with Gasteiger partial charge in [-0.3, -0.25) is 19.1 Å². The lowest BCUT2D eigenvalue weighted by molar-refractivity contribution is 0.0968. The van der Waals surface area contributed by atoms with Gasteiger partial charge in [-0.1, -0.05) is 29.8 Å². The standard InChI is InChI=1S/C22H25N3O2S/c1-14-6-8-17(9-7-14)18(26)12-25-19(13-24-10-4-5-11-24)23-21-20(22(25)27)15(2)16(3)28-21/h6-9H,4-5,10-13H2,1-3H3. The van der Waals surface area contributed by atoms with Gasteiger partial charge in [0.25, 0.3) is 5.56 Å². The van der Waals surface area contributed by atoms with E-state index in [-0.39, 0.29) is 17.9 Å². The van der Waals surface area contributed by atoms with Crippen LogP contribution in [0.3, 0.4) is 0 Å². The maximum atomic E-state index is 13.3. The van der Waals surface area contributed by atoms with Gasteiger partial charge in [0.15, 0.2) is 5.78 Å². The summed E-state index contributed by atoms with van der Waals surface area (Å²) in [5.41, 5.74) is 2.61. The summed E-state index contributed by atoms with van der Waals surface area (Å²) in [6.45, 7) is 8.65. The topological polar surface area (TPSA) is 55.2 Å². The molecule has 3 heterocycles. The molecular weight excluding hydrogens is 370 g/mol. The molecule has 0 radical (unpaired) electrons. The Balaban J connectivity index is 1.78. The van der Waals surface area contributed by atoms with Crippen LogP contribution < -0.4 is 5.56 Å². The molecule has 1 aliphatic rings. The lowest BCUT2D eigenvalue weighted by Crippen LogP contribution is -2.32. The molecule has 1 aliphatic heterocycles. The summed E-state index contributed by atoms with van der Waals surface area (Å²) in [5, 5.41) is 0.657. The highest BCUT2D eigenvalue weighted by atomic mass is 32.1. The number of hydrogen-bond donors (Lipinski definition) is 0. The quantitative estimate of drug-likeness (QED) is 0.616. The molecule has 1 fully saturated rings. The summed E-state index contributed by atoms with van der Waals surface area (Å²) in [7, 11) is 0. The first-order valence-corrected chi connectivity index (χ1v) is 10.6. The van der Waals surface area contributed by atoms with Gasteiger partial charge >= 0.3 is 0 Å². The number of aryl methyl sites for hydroxylation is 3. The zero-order valence-corrected chi connectivity index (χ0v) is 17.4. The molecular formula is C22H25N3O2S. The molecule has 2 aromatic heterocycles. The maximum Gasteiger partial charge on any atom is 0.263 e. The molecule has 0 atom stereocenters. The second-order valence-electron chi connectivity index (χ2n) is 7.66. The monoisotopic (exact) mass is 395 g/mol. The summed E-state index contributed by atoms with van der Waals surface area (Å²) in [6, 6.07) is 7.51. The van der Waals surface area contributed by atoms with Gasteiger partial charge in [0, 0.05) is 10.4 Å². The number of Topliss-reactive ketones (excluding diaryl/α,β-unsaturated/α-hetero) is 1. The van der Waals surface area contributed by atoms with Crippen LogP contribution in [-0.4, -0.2) is 33.3 Å². The van der Waals surface area contributed by atoms with Gasteiger partial charge in [-0.05, 0) is 52.3 Å². The lowest BCUT2D eigenvalue weighted by atomic mass is 10.1. The number of ketones is 1. The number of hydrogen-bond acceptors (Lipinski definition) is 5. The molecule has 0 aliphatic carbocycles. The van der Waals surface area contributed by atoms with Gasteiger partial charge in [-0.15, -0.1) is 11.3 Å². The minimum atomic E-state index is -0.0958. The van der Waals surface area contributed by atoms with Crippen LogP contribution in [0.2, 0.25) is 0 Å². The van der Waals surface area contributed by atoms with Crippen LogP contribution in [0.1, 0.15) is 45.0 Å². The zero-order chi connectivity index (χ0) is 19.8. The van der Waals surface area contributed by atoms with Gasteiger partial charge < -0.3 is 0 Å². The number of likely N-dealkylation sites (tertiary alicyclic amines) is 1. The Labute approximate surface area is 168 Å². The van der Waals surface area contributed by atoms with Crippen molar-refractivity contribution in [2.75, 3.05) is 13.1 Å². The molecule has 0 N–H and O–H groups in total. The number of thiophene rings is 1. The number of carbonyl (C=O) groups is 1. The van der Waals surface area contributed by atoms with E-state index in [0.717, 1.165) is 33.9 Å². The Morgan fingerprint density at radius 2 is 1.79 bits per heavy atom. The highest BCUT2D eigenvalue weighted by Crippen LogP contribution is 2.27. The SMILES string of the molecule is Cc1ccc(C(=O)Cn2c(CN3CCCC3)nc3sc(C)c(C)c3c2=O)cc1. The summed E-state index contributed by atoms with van der Waals surface area (Å²) < 4.78 is 1.60. The van der Waals surface area contributed by atoms with E-state index in [1.165, 1.54) is 12.8 Å². The molecule has 1 saturated heterocycles. The molecule has 0 saturated carbocycles. The molecule has 146 valence electrons. The van der Waals surface area contributed by atoms with Crippen molar-refractivity contribution in [3.05, 3.63) is 62.0 Å². The molecule has 0 amide bonds. The summed E-state index contributed by atoms with van der Waals surface area (Å²) in [6.07, 6.45) is 2.35. The van der Waals surface area contributed by atoms with Crippen LogP contribution in [-0.2, 0) is 13.1 Å². The number of fused-ring (bicyclic) bond motifs is 1. The van der Waals surface area contributed by atoms with Gasteiger partial charge in [0.1, 0.15) is 10.7 Å². The summed E-state index contributed by atoms with van der Waals surface area (Å²) >= 11 is 1.56. The van der Waals surface area contributed by atoms with Gasteiger partial charge in [-0.2, -0.15) is 0 Å². The van der Waals surface area contributed by atoms with E-state index in [2.05, 4.69) is 4.90 Å². The third-order valence-corrected chi connectivity index (χ3v) is 6.71. The number of benzene rings is 1. The van der Waals surface area contributed by atoms with E-state index < -0.39 is 0 Å². The fraction of sp³-hybridized carbons (Fsp3) is 0.409. The Hall–Kier alpha value is -2.31. The number of aromatic nitrogens is 2. The Morgan fingerprint density at radius 1 is 1.11 bits per heavy atom.